The van der Waals surface area contributed by atoms with Crippen LogP contribution in [0, 0.1) is 11.6 Å². The Hall–Kier alpha value is -3.05. The van der Waals surface area contributed by atoms with E-state index in [0.717, 1.165) is 34.4 Å². The summed E-state index contributed by atoms with van der Waals surface area (Å²) in [6.45, 7) is 0. The van der Waals surface area contributed by atoms with E-state index in [-0.39, 0.29) is 16.3 Å². The van der Waals surface area contributed by atoms with Crippen molar-refractivity contribution in [3.8, 4) is 0 Å². The fourth-order valence-electron chi connectivity index (χ4n) is 2.73. The van der Waals surface area contributed by atoms with Gasteiger partial charge in [0.05, 0.1) is 16.0 Å². The van der Waals surface area contributed by atoms with E-state index in [1.54, 1.807) is 0 Å². The number of aromatic nitrogens is 3. The molecule has 1 unspecified atom stereocenters. The minimum atomic E-state index is -1.19. The van der Waals surface area contributed by atoms with Crippen LogP contribution < -0.4 is 4.90 Å². The van der Waals surface area contributed by atoms with Crippen LogP contribution in [0.15, 0.2) is 41.0 Å². The molecule has 1 amide bonds. The summed E-state index contributed by atoms with van der Waals surface area (Å²) in [6, 6.07) is 1.70. The van der Waals surface area contributed by atoms with Gasteiger partial charge in [0, 0.05) is 11.8 Å². The predicted octanol–water partition coefficient (Wildman–Crippen LogP) is 2.90. The van der Waals surface area contributed by atoms with Gasteiger partial charge in [-0.15, -0.1) is 21.5 Å². The molecule has 1 N–H and O–H groups in total. The largest absolute Gasteiger partial charge is 0.507 e. The molecule has 1 fully saturated rings. The lowest BCUT2D eigenvalue weighted by Gasteiger charge is -2.20. The van der Waals surface area contributed by atoms with Crippen molar-refractivity contribution < 1.29 is 23.5 Å². The van der Waals surface area contributed by atoms with E-state index >= 15 is 0 Å². The van der Waals surface area contributed by atoms with Crippen LogP contribution >= 0.6 is 22.7 Å². The maximum Gasteiger partial charge on any atom is 0.301 e. The molecule has 3 aromatic rings. The van der Waals surface area contributed by atoms with Gasteiger partial charge in [-0.05, 0) is 18.2 Å². The minimum absolute atomic E-state index is 0.126. The summed E-state index contributed by atoms with van der Waals surface area (Å²) in [5, 5.41) is 18.3. The molecule has 0 saturated carbocycles. The Kier molecular flexibility index (Phi) is 4.24. The molecule has 0 radical (unpaired) electrons. The van der Waals surface area contributed by atoms with Crippen LogP contribution in [0.25, 0.3) is 5.76 Å². The van der Waals surface area contributed by atoms with Gasteiger partial charge in [-0.2, -0.15) is 0 Å². The molecule has 1 aromatic carbocycles. The Morgan fingerprint density at radius 3 is 2.59 bits per heavy atom. The molecule has 1 aliphatic rings. The first-order valence-corrected chi connectivity index (χ1v) is 9.16. The van der Waals surface area contributed by atoms with E-state index < -0.39 is 35.1 Å². The molecule has 1 atom stereocenters. The smallest absolute Gasteiger partial charge is 0.301 e. The van der Waals surface area contributed by atoms with Crippen LogP contribution in [0.4, 0.5) is 13.9 Å². The third kappa shape index (κ3) is 2.80. The molecule has 11 heteroatoms. The average Bonchev–Trinajstić information content (AvgIpc) is 3.39. The van der Waals surface area contributed by atoms with Gasteiger partial charge in [0.25, 0.3) is 5.78 Å². The zero-order valence-corrected chi connectivity index (χ0v) is 14.8. The molecule has 4 rings (SSSR count). The second kappa shape index (κ2) is 6.59. The van der Waals surface area contributed by atoms with Crippen molar-refractivity contribution in [2.45, 2.75) is 6.04 Å². The molecule has 27 heavy (non-hydrogen) atoms. The molecular formula is C16H8F2N4O3S2. The van der Waals surface area contributed by atoms with Crippen LogP contribution in [0.2, 0.25) is 0 Å². The Morgan fingerprint density at radius 2 is 1.96 bits per heavy atom. The Morgan fingerprint density at radius 1 is 1.15 bits per heavy atom. The summed E-state index contributed by atoms with van der Waals surface area (Å²) < 4.78 is 26.8. The van der Waals surface area contributed by atoms with Crippen molar-refractivity contribution in [3.63, 3.8) is 0 Å². The van der Waals surface area contributed by atoms with Gasteiger partial charge in [0.1, 0.15) is 17.3 Å². The lowest BCUT2D eigenvalue weighted by atomic mass is 10.00. The first-order valence-electron chi connectivity index (χ1n) is 7.40. The third-order valence-electron chi connectivity index (χ3n) is 3.91. The van der Waals surface area contributed by atoms with Gasteiger partial charge in [-0.1, -0.05) is 11.3 Å². The monoisotopic (exact) mass is 406 g/mol. The molecule has 7 nitrogen and oxygen atoms in total. The summed E-state index contributed by atoms with van der Waals surface area (Å²) in [4.78, 5) is 30.8. The van der Waals surface area contributed by atoms with Gasteiger partial charge >= 0.3 is 5.91 Å². The zero-order chi connectivity index (χ0) is 19.1. The number of Topliss-reactive ketones (excluding diaryl/α,β-unsaturated/α-hetero) is 1. The van der Waals surface area contributed by atoms with Crippen molar-refractivity contribution in [1.29, 1.82) is 0 Å². The van der Waals surface area contributed by atoms with Gasteiger partial charge in [0.2, 0.25) is 5.13 Å². The normalized spacial score (nSPS) is 19.0. The number of halogens is 2. The van der Waals surface area contributed by atoms with Crippen molar-refractivity contribution in [1.82, 2.24) is 15.2 Å². The van der Waals surface area contributed by atoms with Gasteiger partial charge < -0.3 is 5.11 Å². The third-order valence-corrected chi connectivity index (χ3v) is 5.43. The van der Waals surface area contributed by atoms with Gasteiger partial charge in [0.15, 0.2) is 11.6 Å². The number of aliphatic hydroxyl groups excluding tert-OH is 1. The molecule has 1 aliphatic heterocycles. The number of rotatable bonds is 3. The SMILES string of the molecule is O=C1C(=O)N(c2nncs2)C(c2cncs2)/C1=C(\O)c1ccc(F)c(F)c1. The average molecular weight is 406 g/mol. The topological polar surface area (TPSA) is 96.3 Å². The molecule has 0 spiro atoms. The molecule has 3 heterocycles. The van der Waals surface area contributed by atoms with E-state index in [0.29, 0.717) is 4.88 Å². The standard InChI is InChI=1S/C16H8F2N4O3S2/c17-8-2-1-7(3-9(8)18)13(23)11-12(10-4-19-5-26-10)22(15(25)14(11)24)16-21-20-6-27-16/h1-6,12,23H/b13-11+. The summed E-state index contributed by atoms with van der Waals surface area (Å²) in [5.74, 6) is -4.77. The molecule has 0 bridgehead atoms. The lowest BCUT2D eigenvalue weighted by Crippen LogP contribution is -2.29. The Balaban J connectivity index is 1.93. The van der Waals surface area contributed by atoms with Crippen LogP contribution in [-0.4, -0.2) is 32.0 Å². The van der Waals surface area contributed by atoms with Crippen LogP contribution in [0.3, 0.4) is 0 Å². The fourth-order valence-corrected chi connectivity index (χ4v) is 4.03. The minimum Gasteiger partial charge on any atom is -0.507 e. The summed E-state index contributed by atoms with van der Waals surface area (Å²) in [5.41, 5.74) is 2.52. The highest BCUT2D eigenvalue weighted by Gasteiger charge is 2.48. The van der Waals surface area contributed by atoms with Crippen LogP contribution in [-0.2, 0) is 9.59 Å². The summed E-state index contributed by atoms with van der Waals surface area (Å²) >= 11 is 2.21. The van der Waals surface area contributed by atoms with E-state index in [1.807, 2.05) is 0 Å². The second-order valence-electron chi connectivity index (χ2n) is 5.42. The Labute approximate surface area is 158 Å². The van der Waals surface area contributed by atoms with Crippen molar-refractivity contribution >= 4 is 45.3 Å². The number of hydrogen-bond acceptors (Lipinski definition) is 8. The van der Waals surface area contributed by atoms with Crippen molar-refractivity contribution in [2.24, 2.45) is 0 Å². The second-order valence-corrected chi connectivity index (χ2v) is 7.15. The number of hydrogen-bond donors (Lipinski definition) is 1. The predicted molar refractivity (Wildman–Crippen MR) is 93.2 cm³/mol. The number of carbonyl (C=O) groups is 2. The highest BCUT2D eigenvalue weighted by Crippen LogP contribution is 2.43. The maximum atomic E-state index is 13.6. The first kappa shape index (κ1) is 17.4. The van der Waals surface area contributed by atoms with Gasteiger partial charge in [-0.25, -0.2) is 8.78 Å². The lowest BCUT2D eigenvalue weighted by molar-refractivity contribution is -0.132. The molecular weight excluding hydrogens is 398 g/mol. The van der Waals surface area contributed by atoms with Crippen LogP contribution in [0.1, 0.15) is 16.5 Å². The highest BCUT2D eigenvalue weighted by atomic mass is 32.1. The number of ketones is 1. The summed E-state index contributed by atoms with van der Waals surface area (Å²) in [7, 11) is 0. The Bertz CT molecular complexity index is 1070. The van der Waals surface area contributed by atoms with E-state index in [9.17, 15) is 23.5 Å². The molecule has 0 aliphatic carbocycles. The van der Waals surface area contributed by atoms with E-state index in [1.165, 1.54) is 28.6 Å². The number of aliphatic hydroxyl groups is 1. The number of carbonyl (C=O) groups excluding carboxylic acids is 2. The molecule has 1 saturated heterocycles. The number of benzene rings is 1. The van der Waals surface area contributed by atoms with E-state index in [4.69, 9.17) is 0 Å². The number of amides is 1. The van der Waals surface area contributed by atoms with Gasteiger partial charge in [-0.3, -0.25) is 19.5 Å². The fraction of sp³-hybridized carbons (Fsp3) is 0.0625. The molecule has 136 valence electrons. The number of anilines is 1. The quantitative estimate of drug-likeness (QED) is 0.408. The van der Waals surface area contributed by atoms with E-state index in [2.05, 4.69) is 15.2 Å². The summed E-state index contributed by atoms with van der Waals surface area (Å²) in [6.07, 6.45) is 1.45. The number of nitrogens with zero attached hydrogens (tertiary/aromatic N) is 4. The maximum absolute atomic E-state index is 13.6. The zero-order valence-electron chi connectivity index (χ0n) is 13.2. The van der Waals surface area contributed by atoms with Crippen molar-refractivity contribution in [3.05, 3.63) is 63.1 Å². The highest BCUT2D eigenvalue weighted by molar-refractivity contribution is 7.13. The first-order chi connectivity index (χ1) is 13.0. The number of thiazole rings is 1. The van der Waals surface area contributed by atoms with Crippen molar-refractivity contribution in [2.75, 3.05) is 4.90 Å². The molecule has 2 aromatic heterocycles. The van der Waals surface area contributed by atoms with Crippen LogP contribution in [0.5, 0.6) is 0 Å².